The number of hydrogen-bond donors (Lipinski definition) is 3. The van der Waals surface area contributed by atoms with Crippen LogP contribution in [0.2, 0.25) is 0 Å². The largest absolute Gasteiger partial charge is 0.377 e. The molecule has 2 heterocycles. The first-order valence-corrected chi connectivity index (χ1v) is 11.6. The summed E-state index contributed by atoms with van der Waals surface area (Å²) in [7, 11) is 0. The van der Waals surface area contributed by atoms with Gasteiger partial charge < -0.3 is 5.11 Å². The van der Waals surface area contributed by atoms with E-state index >= 15 is 0 Å². The van der Waals surface area contributed by atoms with Crippen LogP contribution in [0.4, 0.5) is 4.39 Å². The topological polar surface area (TPSA) is 56.8 Å². The van der Waals surface area contributed by atoms with Crippen LogP contribution in [0.15, 0.2) is 84.9 Å². The number of halogens is 1. The molecule has 2 unspecified atom stereocenters. The summed E-state index contributed by atoms with van der Waals surface area (Å²) in [5.41, 5.74) is 4.55. The molecule has 0 aromatic heterocycles. The maximum atomic E-state index is 13.2. The van der Waals surface area contributed by atoms with Crippen molar-refractivity contribution >= 4 is 0 Å². The van der Waals surface area contributed by atoms with E-state index < -0.39 is 11.8 Å². The second-order valence-corrected chi connectivity index (χ2v) is 8.99. The highest BCUT2D eigenvalue weighted by Crippen LogP contribution is 2.35. The van der Waals surface area contributed by atoms with Crippen molar-refractivity contribution in [1.29, 1.82) is 0 Å². The van der Waals surface area contributed by atoms with Crippen molar-refractivity contribution in [2.45, 2.75) is 37.4 Å². The van der Waals surface area contributed by atoms with E-state index in [1.54, 1.807) is 0 Å². The van der Waals surface area contributed by atoms with Crippen molar-refractivity contribution in [2.24, 2.45) is 5.92 Å². The Morgan fingerprint density at radius 3 is 2.03 bits per heavy atom. The van der Waals surface area contributed by atoms with Gasteiger partial charge in [-0.15, -0.1) is 0 Å². The van der Waals surface area contributed by atoms with Gasteiger partial charge in [0.2, 0.25) is 0 Å². The maximum absolute atomic E-state index is 13.2. The molecule has 172 valence electrons. The summed E-state index contributed by atoms with van der Waals surface area (Å²) < 4.78 is 13.2. The number of hydrogen-bond acceptors (Lipinski definition) is 5. The van der Waals surface area contributed by atoms with Crippen molar-refractivity contribution in [3.05, 3.63) is 107 Å². The molecule has 0 bridgehead atoms. The number of benzene rings is 3. The number of rotatable bonds is 6. The second-order valence-electron chi connectivity index (χ2n) is 8.99. The van der Waals surface area contributed by atoms with Gasteiger partial charge in [0.25, 0.3) is 0 Å². The van der Waals surface area contributed by atoms with Crippen LogP contribution in [0.1, 0.15) is 29.5 Å². The number of nitrogens with one attached hydrogen (secondary N) is 2. The van der Waals surface area contributed by atoms with Gasteiger partial charge in [0.05, 0.1) is 0 Å². The van der Waals surface area contributed by atoms with Crippen molar-refractivity contribution in [2.75, 3.05) is 13.1 Å². The van der Waals surface area contributed by atoms with Gasteiger partial charge >= 0.3 is 0 Å². The van der Waals surface area contributed by atoms with Gasteiger partial charge in [0.1, 0.15) is 23.8 Å². The summed E-state index contributed by atoms with van der Waals surface area (Å²) in [5.74, 6) is 0.137. The Kier molecular flexibility index (Phi) is 6.53. The van der Waals surface area contributed by atoms with Gasteiger partial charge in [-0.1, -0.05) is 72.8 Å². The highest BCUT2D eigenvalue weighted by molar-refractivity contribution is 5.38. The summed E-state index contributed by atoms with van der Waals surface area (Å²) >= 11 is 0. The molecule has 0 spiro atoms. The SMILES string of the molecule is OC(c1ccccc1)(c1ccccc1)C1NOC(C2CCN(Cc3ccc(F)cc3)CC2)N1. The first kappa shape index (κ1) is 22.2. The Hall–Kier alpha value is -2.61. The van der Waals surface area contributed by atoms with Crippen molar-refractivity contribution in [3.8, 4) is 0 Å². The van der Waals surface area contributed by atoms with Crippen LogP contribution in [-0.2, 0) is 17.0 Å². The van der Waals surface area contributed by atoms with Crippen molar-refractivity contribution in [1.82, 2.24) is 15.7 Å². The Bertz CT molecular complexity index is 985. The van der Waals surface area contributed by atoms with Crippen LogP contribution in [0.3, 0.4) is 0 Å². The Balaban J connectivity index is 1.24. The van der Waals surface area contributed by atoms with Gasteiger partial charge in [-0.2, -0.15) is 5.48 Å². The zero-order valence-electron chi connectivity index (χ0n) is 18.5. The highest BCUT2D eigenvalue weighted by Gasteiger charge is 2.46. The summed E-state index contributed by atoms with van der Waals surface area (Å²) in [6, 6.07) is 26.2. The molecule has 2 aliphatic rings. The zero-order valence-corrected chi connectivity index (χ0v) is 18.5. The molecule has 3 N–H and O–H groups in total. The van der Waals surface area contributed by atoms with Crippen LogP contribution in [0.25, 0.3) is 0 Å². The van der Waals surface area contributed by atoms with E-state index in [-0.39, 0.29) is 12.0 Å². The van der Waals surface area contributed by atoms with Crippen molar-refractivity contribution < 1.29 is 14.3 Å². The molecule has 5 nitrogen and oxygen atoms in total. The molecule has 0 radical (unpaired) electrons. The fourth-order valence-electron chi connectivity index (χ4n) is 4.96. The Labute approximate surface area is 194 Å². The number of piperidine rings is 1. The average Bonchev–Trinajstić information content (AvgIpc) is 3.37. The smallest absolute Gasteiger partial charge is 0.145 e. The molecule has 33 heavy (non-hydrogen) atoms. The minimum absolute atomic E-state index is 0.179. The van der Waals surface area contributed by atoms with Crippen molar-refractivity contribution in [3.63, 3.8) is 0 Å². The van der Waals surface area contributed by atoms with Crippen LogP contribution < -0.4 is 10.8 Å². The third kappa shape index (κ3) is 4.71. The predicted octanol–water partition coefficient (Wildman–Crippen LogP) is 3.75. The Morgan fingerprint density at radius 1 is 0.879 bits per heavy atom. The summed E-state index contributed by atoms with van der Waals surface area (Å²) in [6.07, 6.45) is 1.32. The Morgan fingerprint density at radius 2 is 1.45 bits per heavy atom. The second kappa shape index (κ2) is 9.71. The summed E-state index contributed by atoms with van der Waals surface area (Å²) in [4.78, 5) is 8.38. The van der Waals surface area contributed by atoms with E-state index in [4.69, 9.17) is 4.84 Å². The van der Waals surface area contributed by atoms with Gasteiger partial charge in [0.15, 0.2) is 0 Å². The van der Waals surface area contributed by atoms with E-state index in [0.29, 0.717) is 5.92 Å². The molecular formula is C27H30FN3O2. The first-order chi connectivity index (χ1) is 16.1. The number of nitrogens with zero attached hydrogens (tertiary/aromatic N) is 1. The van der Waals surface area contributed by atoms with Gasteiger partial charge in [-0.25, -0.2) is 4.39 Å². The van der Waals surface area contributed by atoms with Crippen LogP contribution in [-0.4, -0.2) is 35.5 Å². The van der Waals surface area contributed by atoms with E-state index in [1.807, 2.05) is 72.8 Å². The molecule has 0 aliphatic carbocycles. The quantitative estimate of drug-likeness (QED) is 0.537. The molecule has 2 aliphatic heterocycles. The third-order valence-corrected chi connectivity index (χ3v) is 6.87. The van der Waals surface area contributed by atoms with E-state index in [0.717, 1.165) is 49.2 Å². The monoisotopic (exact) mass is 447 g/mol. The molecule has 0 saturated carbocycles. The van der Waals surface area contributed by atoms with Gasteiger partial charge in [0, 0.05) is 12.5 Å². The first-order valence-electron chi connectivity index (χ1n) is 11.6. The van der Waals surface area contributed by atoms with E-state index in [2.05, 4.69) is 15.7 Å². The zero-order chi connectivity index (χ0) is 22.7. The lowest BCUT2D eigenvalue weighted by Crippen LogP contribution is -2.53. The molecule has 2 atom stereocenters. The van der Waals surface area contributed by atoms with Crippen LogP contribution >= 0.6 is 0 Å². The molecule has 2 fully saturated rings. The third-order valence-electron chi connectivity index (χ3n) is 6.87. The average molecular weight is 448 g/mol. The van der Waals surface area contributed by atoms with E-state index in [1.165, 1.54) is 12.1 Å². The minimum atomic E-state index is -1.28. The lowest BCUT2D eigenvalue weighted by atomic mass is 9.83. The molecule has 3 aromatic carbocycles. The highest BCUT2D eigenvalue weighted by atomic mass is 19.1. The molecule has 5 rings (SSSR count). The molecule has 6 heteroatoms. The molecule has 2 saturated heterocycles. The number of aliphatic hydroxyl groups is 1. The van der Waals surface area contributed by atoms with Gasteiger partial charge in [-0.05, 0) is 54.8 Å². The van der Waals surface area contributed by atoms with Crippen LogP contribution in [0, 0.1) is 11.7 Å². The van der Waals surface area contributed by atoms with E-state index in [9.17, 15) is 9.50 Å². The molecule has 3 aromatic rings. The summed E-state index contributed by atoms with van der Waals surface area (Å²) in [5, 5.41) is 15.5. The lowest BCUT2D eigenvalue weighted by Gasteiger charge is -2.36. The lowest BCUT2D eigenvalue weighted by molar-refractivity contribution is -0.0428. The minimum Gasteiger partial charge on any atom is -0.377 e. The van der Waals surface area contributed by atoms with Crippen LogP contribution in [0.5, 0.6) is 0 Å². The number of hydroxylamine groups is 1. The van der Waals surface area contributed by atoms with Gasteiger partial charge in [-0.3, -0.25) is 15.1 Å². The maximum Gasteiger partial charge on any atom is 0.145 e. The molecule has 0 amide bonds. The standard InChI is InChI=1S/C27H30FN3O2/c28-24-13-11-20(12-14-24)19-31-17-15-21(16-18-31)25-29-26(30-33-25)27(32,22-7-3-1-4-8-22)23-9-5-2-6-10-23/h1-14,21,25-26,29-30,32H,15-19H2. The summed E-state index contributed by atoms with van der Waals surface area (Å²) in [6.45, 7) is 2.74. The number of likely N-dealkylation sites (tertiary alicyclic amines) is 1. The normalized spacial score (nSPS) is 22.5. The fourth-order valence-corrected chi connectivity index (χ4v) is 4.96. The predicted molar refractivity (Wildman–Crippen MR) is 125 cm³/mol. The molecular weight excluding hydrogens is 417 g/mol. The fraction of sp³-hybridized carbons (Fsp3) is 0.333.